The number of aryl methyl sites for hydroxylation is 1. The molecule has 2 aromatic rings. The molecule has 7 aliphatic heterocycles. The zero-order valence-corrected chi connectivity index (χ0v) is 40.2. The molecule has 16 heteroatoms. The topological polar surface area (TPSA) is 165 Å². The molecule has 6 atom stereocenters. The number of allylic oxidation sites excluding steroid dienone is 1. The van der Waals surface area contributed by atoms with Crippen LogP contribution < -0.4 is 31.5 Å². The van der Waals surface area contributed by atoms with Crippen molar-refractivity contribution in [1.82, 2.24) is 41.1 Å². The third-order valence-corrected chi connectivity index (χ3v) is 17.4. The summed E-state index contributed by atoms with van der Waals surface area (Å²) in [7, 11) is 0. The van der Waals surface area contributed by atoms with Crippen LogP contribution in [-0.2, 0) is 9.59 Å². The summed E-state index contributed by atoms with van der Waals surface area (Å²) in [5, 5.41) is 33.2. The molecule has 2 bridgehead atoms. The maximum Gasteiger partial charge on any atom is 0.328 e. The van der Waals surface area contributed by atoms with Crippen LogP contribution in [-0.4, -0.2) is 131 Å². The van der Waals surface area contributed by atoms with Gasteiger partial charge in [-0.3, -0.25) is 45.6 Å². The predicted octanol–water partition coefficient (Wildman–Crippen LogP) is 5.85. The van der Waals surface area contributed by atoms with Gasteiger partial charge in [-0.1, -0.05) is 29.8 Å². The maximum atomic E-state index is 13.9. The molecule has 67 heavy (non-hydrogen) atoms. The first-order valence-corrected chi connectivity index (χ1v) is 25.7. The van der Waals surface area contributed by atoms with Gasteiger partial charge >= 0.3 is 6.03 Å². The number of nitrogens with zero attached hydrogens (tertiary/aromatic N) is 5. The molecular weight excluding hydrogens is 868 g/mol. The molecule has 5 unspecified atom stereocenters. The molecule has 15 nitrogen and oxygen atoms in total. The van der Waals surface area contributed by atoms with Crippen LogP contribution in [0.25, 0.3) is 0 Å². The Bertz CT molecular complexity index is 2210. The monoisotopic (exact) mass is 939 g/mol. The number of amides is 5. The van der Waals surface area contributed by atoms with Crippen LogP contribution >= 0.6 is 11.6 Å². The number of hydrazine groups is 1. The van der Waals surface area contributed by atoms with Crippen molar-refractivity contribution in [2.24, 2.45) is 17.3 Å². The molecule has 5 amide bonds. The molecule has 6 N–H and O–H groups in total. The smallest absolute Gasteiger partial charge is 0.328 e. The van der Waals surface area contributed by atoms with Gasteiger partial charge < -0.3 is 20.2 Å². The first-order chi connectivity index (χ1) is 32.3. The van der Waals surface area contributed by atoms with Crippen LogP contribution in [0.3, 0.4) is 0 Å². The predicted molar refractivity (Wildman–Crippen MR) is 259 cm³/mol. The number of aliphatic hydroxyl groups is 1. The van der Waals surface area contributed by atoms with Gasteiger partial charge in [-0.2, -0.15) is 5.01 Å². The standard InChI is InChI=1S/C51H71ClN10O5/c1-33-9-11-37(54-48-53-31-39-45(57-48)62-43-8-6-7-42(55-43)50(2,67)18-4-3-5-23-61(62)47(39)65)30-38(33)35-15-24-58(25-16-35)32-34-13-19-51(20-14-34)21-27-59(28-22-51)46(64)36-10-12-40(52)41(29-36)60-26-17-44(63)56-49(60)66/h3,5,9-12,29-30,34-35,39,42-43,45,48,53-55,57,67H,4,6-8,13-28,31-32H2,1-2H3,(H,56,63,66)/b5-3-/t39?,42?,43?,45?,48?,50-/m1/s1. The summed E-state index contributed by atoms with van der Waals surface area (Å²) in [6, 6.07) is 11.3. The second kappa shape index (κ2) is 19.4. The second-order valence-electron chi connectivity index (χ2n) is 21.3. The summed E-state index contributed by atoms with van der Waals surface area (Å²) in [4.78, 5) is 57.9. The fourth-order valence-electron chi connectivity index (χ4n) is 12.8. The lowest BCUT2D eigenvalue weighted by atomic mass is 9.65. The Balaban J connectivity index is 0.694. The number of urea groups is 1. The lowest BCUT2D eigenvalue weighted by molar-refractivity contribution is -0.146. The second-order valence-corrected chi connectivity index (χ2v) is 21.7. The number of hydrogen-bond acceptors (Lipinski definition) is 11. The lowest BCUT2D eigenvalue weighted by Gasteiger charge is -2.47. The van der Waals surface area contributed by atoms with Gasteiger partial charge in [0.05, 0.1) is 41.1 Å². The molecular formula is C51H71ClN10O5. The Morgan fingerprint density at radius 3 is 2.46 bits per heavy atom. The fraction of sp³-hybridized carbons (Fsp3) is 0.647. The Morgan fingerprint density at radius 1 is 0.896 bits per heavy atom. The van der Waals surface area contributed by atoms with Crippen LogP contribution in [0, 0.1) is 24.2 Å². The summed E-state index contributed by atoms with van der Waals surface area (Å²) in [6.45, 7) is 10.4. The molecule has 0 radical (unpaired) electrons. The van der Waals surface area contributed by atoms with E-state index in [1.165, 1.54) is 48.3 Å². The molecule has 7 fully saturated rings. The fourth-order valence-corrected chi connectivity index (χ4v) is 13.1. The van der Waals surface area contributed by atoms with Gasteiger partial charge in [0.15, 0.2) is 0 Å². The molecule has 8 aliphatic rings. The molecule has 6 saturated heterocycles. The average Bonchev–Trinajstić information content (AvgIpc) is 3.60. The number of fused-ring (bicyclic) bond motifs is 6. The van der Waals surface area contributed by atoms with Crippen LogP contribution in [0.2, 0.25) is 5.02 Å². The van der Waals surface area contributed by atoms with Gasteiger partial charge in [-0.15, -0.1) is 0 Å². The third-order valence-electron chi connectivity index (χ3n) is 17.0. The van der Waals surface area contributed by atoms with Crippen molar-refractivity contribution in [1.29, 1.82) is 0 Å². The van der Waals surface area contributed by atoms with Crippen molar-refractivity contribution >= 4 is 46.7 Å². The molecule has 10 rings (SSSR count). The van der Waals surface area contributed by atoms with E-state index in [0.717, 1.165) is 83.2 Å². The number of carbonyl (C=O) groups is 4. The van der Waals surface area contributed by atoms with Gasteiger partial charge in [0.1, 0.15) is 6.29 Å². The molecule has 0 aromatic heterocycles. The number of nitrogens with one attached hydrogen (secondary N) is 5. The minimum atomic E-state index is -0.810. The molecule has 2 aromatic carbocycles. The van der Waals surface area contributed by atoms with Crippen molar-refractivity contribution in [3.63, 3.8) is 0 Å². The van der Waals surface area contributed by atoms with E-state index in [0.29, 0.717) is 53.0 Å². The van der Waals surface area contributed by atoms with Crippen molar-refractivity contribution in [3.05, 3.63) is 70.3 Å². The van der Waals surface area contributed by atoms with E-state index in [1.807, 2.05) is 16.8 Å². The highest BCUT2D eigenvalue weighted by Crippen LogP contribution is 2.47. The van der Waals surface area contributed by atoms with Crippen LogP contribution in [0.1, 0.15) is 124 Å². The lowest BCUT2D eigenvalue weighted by Crippen LogP contribution is -2.69. The number of hydrogen-bond donors (Lipinski definition) is 6. The van der Waals surface area contributed by atoms with E-state index < -0.39 is 11.6 Å². The molecule has 362 valence electrons. The maximum absolute atomic E-state index is 13.9. The van der Waals surface area contributed by atoms with Crippen molar-refractivity contribution in [3.8, 4) is 0 Å². The van der Waals surface area contributed by atoms with Crippen molar-refractivity contribution < 1.29 is 24.3 Å². The zero-order chi connectivity index (χ0) is 46.5. The van der Waals surface area contributed by atoms with E-state index >= 15 is 0 Å². The quantitative estimate of drug-likeness (QED) is 0.185. The number of anilines is 2. The van der Waals surface area contributed by atoms with E-state index in [1.54, 1.807) is 18.2 Å². The third kappa shape index (κ3) is 9.76. The number of imide groups is 1. The van der Waals surface area contributed by atoms with E-state index in [-0.39, 0.29) is 61.3 Å². The van der Waals surface area contributed by atoms with Gasteiger partial charge in [0, 0.05) is 56.4 Å². The number of carbonyl (C=O) groups excluding carboxylic acids is 4. The highest BCUT2D eigenvalue weighted by Gasteiger charge is 2.53. The number of benzene rings is 2. The van der Waals surface area contributed by atoms with E-state index in [9.17, 15) is 24.3 Å². The molecule has 1 aliphatic carbocycles. The summed E-state index contributed by atoms with van der Waals surface area (Å²) in [5.74, 6) is 0.824. The van der Waals surface area contributed by atoms with Crippen LogP contribution in [0.4, 0.5) is 16.2 Å². The Morgan fingerprint density at radius 2 is 1.69 bits per heavy atom. The minimum Gasteiger partial charge on any atom is -0.389 e. The Labute approximate surface area is 400 Å². The minimum absolute atomic E-state index is 0.0210. The largest absolute Gasteiger partial charge is 0.389 e. The average molecular weight is 940 g/mol. The Kier molecular flexibility index (Phi) is 13.5. The first-order valence-electron chi connectivity index (χ1n) is 25.4. The number of rotatable bonds is 7. The van der Waals surface area contributed by atoms with Crippen molar-refractivity contribution in [2.75, 3.05) is 62.6 Å². The number of likely N-dealkylation sites (tertiary alicyclic amines) is 2. The molecule has 1 saturated carbocycles. The van der Waals surface area contributed by atoms with E-state index in [4.69, 9.17) is 11.6 Å². The van der Waals surface area contributed by atoms with Gasteiger partial charge in [0.2, 0.25) is 11.8 Å². The SMILES string of the molecule is Cc1ccc(NC2NCC3C(=O)N4C/C=C\CC[C@@](C)(O)C5CCCC(N5)N4C3N2)cc1C1CCN(CC2CCC3(CC2)CCN(C(=O)c2ccc(Cl)c(N4CCC(=O)NC4=O)c2)CC3)CC1. The van der Waals surface area contributed by atoms with Gasteiger partial charge in [0.25, 0.3) is 5.91 Å². The van der Waals surface area contributed by atoms with Gasteiger partial charge in [-0.25, -0.2) is 4.79 Å². The van der Waals surface area contributed by atoms with Crippen LogP contribution in [0.5, 0.6) is 0 Å². The normalized spacial score (nSPS) is 31.8. The number of piperidine rings is 3. The summed E-state index contributed by atoms with van der Waals surface area (Å²) < 4.78 is 0. The van der Waals surface area contributed by atoms with Gasteiger partial charge in [-0.05, 0) is 169 Å². The first kappa shape index (κ1) is 46.6. The summed E-state index contributed by atoms with van der Waals surface area (Å²) in [6.07, 6.45) is 17.6. The highest BCUT2D eigenvalue weighted by molar-refractivity contribution is 6.34. The summed E-state index contributed by atoms with van der Waals surface area (Å²) in [5.41, 5.74) is 4.31. The Hall–Kier alpha value is -4.09. The molecule has 1 spiro atoms. The van der Waals surface area contributed by atoms with Crippen molar-refractivity contribution in [2.45, 2.75) is 140 Å². The van der Waals surface area contributed by atoms with E-state index in [2.05, 4.69) is 73.8 Å². The zero-order valence-electron chi connectivity index (χ0n) is 39.4. The summed E-state index contributed by atoms with van der Waals surface area (Å²) >= 11 is 6.46. The molecule has 7 heterocycles. The van der Waals surface area contributed by atoms with Crippen LogP contribution in [0.15, 0.2) is 48.6 Å². The number of halogens is 1. The highest BCUT2D eigenvalue weighted by atomic mass is 35.5.